The fourth-order valence-electron chi connectivity index (χ4n) is 2.54. The lowest BCUT2D eigenvalue weighted by Crippen LogP contribution is -2.30. The van der Waals surface area contributed by atoms with E-state index in [1.165, 1.54) is 0 Å². The Morgan fingerprint density at radius 3 is 2.78 bits per heavy atom. The molecule has 2 heterocycles. The highest BCUT2D eigenvalue weighted by Gasteiger charge is 2.27. The van der Waals surface area contributed by atoms with E-state index in [9.17, 15) is 13.2 Å². The van der Waals surface area contributed by atoms with Gasteiger partial charge in [0, 0.05) is 19.6 Å². The van der Waals surface area contributed by atoms with Crippen LogP contribution in [0.25, 0.3) is 0 Å². The Bertz CT molecular complexity index is 387. The van der Waals surface area contributed by atoms with Gasteiger partial charge in [-0.1, -0.05) is 0 Å². The van der Waals surface area contributed by atoms with Gasteiger partial charge in [0.15, 0.2) is 9.84 Å². The lowest BCUT2D eigenvalue weighted by atomic mass is 10.1. The molecule has 0 aromatic rings. The quantitative estimate of drug-likeness (QED) is 0.793. The van der Waals surface area contributed by atoms with Crippen LogP contribution in [-0.2, 0) is 19.4 Å². The second kappa shape index (κ2) is 6.02. The molecule has 0 radical (unpaired) electrons. The molecule has 5 nitrogen and oxygen atoms in total. The minimum atomic E-state index is -2.84. The van der Waals surface area contributed by atoms with Gasteiger partial charge in [0.1, 0.15) is 0 Å². The van der Waals surface area contributed by atoms with Crippen molar-refractivity contribution in [2.24, 2.45) is 5.92 Å². The third-order valence-corrected chi connectivity index (χ3v) is 5.47. The van der Waals surface area contributed by atoms with Crippen LogP contribution in [0.1, 0.15) is 32.1 Å². The first-order valence-electron chi connectivity index (χ1n) is 6.64. The van der Waals surface area contributed by atoms with E-state index in [2.05, 4.69) is 5.32 Å². The van der Waals surface area contributed by atoms with E-state index in [1.54, 1.807) is 0 Å². The third-order valence-electron chi connectivity index (χ3n) is 3.63. The Balaban J connectivity index is 1.60. The fourth-order valence-corrected chi connectivity index (χ4v) is 4.41. The first-order chi connectivity index (χ1) is 8.55. The molecule has 2 saturated heterocycles. The fraction of sp³-hybridized carbons (Fsp3) is 0.917. The van der Waals surface area contributed by atoms with Crippen LogP contribution < -0.4 is 5.32 Å². The SMILES string of the molecule is O=C(CC[C@@H]1CCCO1)NC[C@@H]1CCS(=O)(=O)C1. The molecule has 0 saturated carbocycles. The van der Waals surface area contributed by atoms with E-state index in [4.69, 9.17) is 4.74 Å². The number of carbonyl (C=O) groups is 1. The molecule has 2 aliphatic rings. The van der Waals surface area contributed by atoms with Gasteiger partial charge >= 0.3 is 0 Å². The molecular formula is C12H21NO4S. The van der Waals surface area contributed by atoms with Crippen LogP contribution in [0.4, 0.5) is 0 Å². The second-order valence-corrected chi connectivity index (χ2v) is 7.48. The van der Waals surface area contributed by atoms with Crippen LogP contribution in [0.3, 0.4) is 0 Å². The van der Waals surface area contributed by atoms with Crippen molar-refractivity contribution >= 4 is 15.7 Å². The summed E-state index contributed by atoms with van der Waals surface area (Å²) in [7, 11) is -2.84. The Kier molecular flexibility index (Phi) is 4.61. The van der Waals surface area contributed by atoms with Crippen molar-refractivity contribution in [1.82, 2.24) is 5.32 Å². The number of sulfone groups is 1. The summed E-state index contributed by atoms with van der Waals surface area (Å²) < 4.78 is 28.0. The first kappa shape index (κ1) is 13.8. The van der Waals surface area contributed by atoms with E-state index in [-0.39, 0.29) is 29.4 Å². The zero-order chi connectivity index (χ0) is 13.0. The Morgan fingerprint density at radius 2 is 2.17 bits per heavy atom. The zero-order valence-corrected chi connectivity index (χ0v) is 11.4. The Labute approximate surface area is 108 Å². The monoisotopic (exact) mass is 275 g/mol. The number of nitrogens with one attached hydrogen (secondary N) is 1. The number of rotatable bonds is 5. The van der Waals surface area contributed by atoms with Gasteiger partial charge in [0.05, 0.1) is 17.6 Å². The van der Waals surface area contributed by atoms with E-state index in [0.717, 1.165) is 25.9 Å². The molecule has 1 amide bonds. The molecule has 2 rings (SSSR count). The zero-order valence-electron chi connectivity index (χ0n) is 10.6. The van der Waals surface area contributed by atoms with Gasteiger partial charge in [-0.2, -0.15) is 0 Å². The van der Waals surface area contributed by atoms with Gasteiger partial charge < -0.3 is 10.1 Å². The largest absolute Gasteiger partial charge is 0.378 e. The van der Waals surface area contributed by atoms with Crippen molar-refractivity contribution in [3.63, 3.8) is 0 Å². The second-order valence-electron chi connectivity index (χ2n) is 5.25. The molecule has 18 heavy (non-hydrogen) atoms. The predicted octanol–water partition coefficient (Wildman–Crippen LogP) is 0.496. The summed E-state index contributed by atoms with van der Waals surface area (Å²) in [5.41, 5.74) is 0. The molecule has 0 aromatic carbocycles. The molecule has 0 spiro atoms. The summed E-state index contributed by atoms with van der Waals surface area (Å²) in [6.07, 6.45) is 4.30. The highest BCUT2D eigenvalue weighted by Crippen LogP contribution is 2.18. The van der Waals surface area contributed by atoms with Crippen LogP contribution >= 0.6 is 0 Å². The van der Waals surface area contributed by atoms with E-state index >= 15 is 0 Å². The average Bonchev–Trinajstić information content (AvgIpc) is 2.93. The molecule has 0 bridgehead atoms. The van der Waals surface area contributed by atoms with Crippen molar-refractivity contribution in [3.05, 3.63) is 0 Å². The smallest absolute Gasteiger partial charge is 0.220 e. The third kappa shape index (κ3) is 4.24. The van der Waals surface area contributed by atoms with Crippen molar-refractivity contribution in [1.29, 1.82) is 0 Å². The van der Waals surface area contributed by atoms with Gasteiger partial charge in [0.2, 0.25) is 5.91 Å². The topological polar surface area (TPSA) is 72.5 Å². The van der Waals surface area contributed by atoms with Crippen molar-refractivity contribution in [3.8, 4) is 0 Å². The first-order valence-corrected chi connectivity index (χ1v) is 8.46. The summed E-state index contributed by atoms with van der Waals surface area (Å²) in [6, 6.07) is 0. The summed E-state index contributed by atoms with van der Waals surface area (Å²) in [5.74, 6) is 0.596. The maximum atomic E-state index is 11.6. The van der Waals surface area contributed by atoms with E-state index < -0.39 is 9.84 Å². The van der Waals surface area contributed by atoms with Crippen LogP contribution in [-0.4, -0.2) is 45.1 Å². The minimum Gasteiger partial charge on any atom is -0.378 e. The Morgan fingerprint density at radius 1 is 1.33 bits per heavy atom. The van der Waals surface area contributed by atoms with E-state index in [1.807, 2.05) is 0 Å². The summed E-state index contributed by atoms with van der Waals surface area (Å²) in [6.45, 7) is 1.30. The van der Waals surface area contributed by atoms with Crippen LogP contribution in [0.2, 0.25) is 0 Å². The van der Waals surface area contributed by atoms with Gasteiger partial charge in [-0.3, -0.25) is 4.79 Å². The number of carbonyl (C=O) groups excluding carboxylic acids is 1. The number of hydrogen-bond acceptors (Lipinski definition) is 4. The number of amides is 1. The average molecular weight is 275 g/mol. The van der Waals surface area contributed by atoms with Crippen molar-refractivity contribution in [2.75, 3.05) is 24.7 Å². The predicted molar refractivity (Wildman–Crippen MR) is 68.0 cm³/mol. The van der Waals surface area contributed by atoms with Crippen LogP contribution in [0.15, 0.2) is 0 Å². The lowest BCUT2D eigenvalue weighted by molar-refractivity contribution is -0.121. The van der Waals surface area contributed by atoms with Gasteiger partial charge in [-0.05, 0) is 31.6 Å². The molecule has 1 N–H and O–H groups in total. The Hall–Kier alpha value is -0.620. The van der Waals surface area contributed by atoms with Gasteiger partial charge in [-0.15, -0.1) is 0 Å². The molecule has 2 fully saturated rings. The van der Waals surface area contributed by atoms with Crippen molar-refractivity contribution in [2.45, 2.75) is 38.2 Å². The van der Waals surface area contributed by atoms with Gasteiger partial charge in [0.25, 0.3) is 0 Å². The van der Waals surface area contributed by atoms with Gasteiger partial charge in [-0.25, -0.2) is 8.42 Å². The van der Waals surface area contributed by atoms with Crippen LogP contribution in [0, 0.1) is 5.92 Å². The van der Waals surface area contributed by atoms with E-state index in [0.29, 0.717) is 19.4 Å². The van der Waals surface area contributed by atoms with Crippen molar-refractivity contribution < 1.29 is 17.9 Å². The lowest BCUT2D eigenvalue weighted by Gasteiger charge is -2.11. The number of hydrogen-bond donors (Lipinski definition) is 1. The molecule has 0 aromatic heterocycles. The highest BCUT2D eigenvalue weighted by atomic mass is 32.2. The summed E-state index contributed by atoms with van der Waals surface area (Å²) >= 11 is 0. The summed E-state index contributed by atoms with van der Waals surface area (Å²) in [5, 5.41) is 2.83. The molecule has 2 aliphatic heterocycles. The number of ether oxygens (including phenoxy) is 1. The molecule has 2 atom stereocenters. The highest BCUT2D eigenvalue weighted by molar-refractivity contribution is 7.91. The molecule has 0 aliphatic carbocycles. The molecule has 6 heteroatoms. The summed E-state index contributed by atoms with van der Waals surface area (Å²) in [4.78, 5) is 11.6. The standard InChI is InChI=1S/C12H21NO4S/c14-12(4-3-11-2-1-6-17-11)13-8-10-5-7-18(15,16)9-10/h10-11H,1-9H2,(H,13,14)/t10-,11-/m0/s1. The maximum absolute atomic E-state index is 11.6. The minimum absolute atomic E-state index is 0.00907. The molecule has 104 valence electrons. The normalized spacial score (nSPS) is 30.4. The van der Waals surface area contributed by atoms with Crippen LogP contribution in [0.5, 0.6) is 0 Å². The molecule has 0 unspecified atom stereocenters. The maximum Gasteiger partial charge on any atom is 0.220 e. The molecular weight excluding hydrogens is 254 g/mol.